The first-order valence-corrected chi connectivity index (χ1v) is 11.6. The van der Waals surface area contributed by atoms with Crippen LogP contribution >= 0.6 is 23.2 Å². The van der Waals surface area contributed by atoms with Gasteiger partial charge in [0.05, 0.1) is 10.0 Å². The summed E-state index contributed by atoms with van der Waals surface area (Å²) in [6, 6.07) is 10.4. The Bertz CT molecular complexity index is 927. The number of carbonyl (C=O) groups is 2. The Hall–Kier alpha value is -2.24. The Balaban J connectivity index is 2.24. The van der Waals surface area contributed by atoms with Gasteiger partial charge < -0.3 is 15.0 Å². The molecule has 2 aromatic rings. The molecule has 0 heterocycles. The normalized spacial score (nSPS) is 11.9. The predicted molar refractivity (Wildman–Crippen MR) is 130 cm³/mol. The molecule has 0 saturated heterocycles. The fourth-order valence-electron chi connectivity index (χ4n) is 3.42. The van der Waals surface area contributed by atoms with Gasteiger partial charge in [-0.3, -0.25) is 9.59 Å². The molecule has 0 fully saturated rings. The molecule has 1 unspecified atom stereocenters. The van der Waals surface area contributed by atoms with Crippen LogP contribution in [0.3, 0.4) is 0 Å². The van der Waals surface area contributed by atoms with E-state index in [4.69, 9.17) is 27.9 Å². The van der Waals surface area contributed by atoms with Crippen molar-refractivity contribution in [2.75, 3.05) is 13.2 Å². The molecule has 0 aliphatic rings. The van der Waals surface area contributed by atoms with E-state index in [1.54, 1.807) is 23.1 Å². The summed E-state index contributed by atoms with van der Waals surface area (Å²) in [5.41, 5.74) is 2.90. The average Bonchev–Trinajstić information content (AvgIpc) is 2.72. The molecule has 0 bridgehead atoms. The Morgan fingerprint density at radius 1 is 1.03 bits per heavy atom. The molecule has 32 heavy (non-hydrogen) atoms. The van der Waals surface area contributed by atoms with Crippen molar-refractivity contribution in [3.05, 3.63) is 63.1 Å². The van der Waals surface area contributed by atoms with Gasteiger partial charge in [-0.1, -0.05) is 56.1 Å². The highest BCUT2D eigenvalue weighted by molar-refractivity contribution is 6.42. The van der Waals surface area contributed by atoms with Gasteiger partial charge in [0.25, 0.3) is 5.91 Å². The van der Waals surface area contributed by atoms with Crippen molar-refractivity contribution in [2.24, 2.45) is 5.92 Å². The van der Waals surface area contributed by atoms with Crippen LogP contribution in [-0.4, -0.2) is 35.9 Å². The quantitative estimate of drug-likeness (QED) is 0.485. The Morgan fingerprint density at radius 3 is 2.25 bits per heavy atom. The number of hydrogen-bond acceptors (Lipinski definition) is 3. The van der Waals surface area contributed by atoms with Gasteiger partial charge >= 0.3 is 0 Å². The number of nitrogens with one attached hydrogen (secondary N) is 1. The maximum Gasteiger partial charge on any atom is 0.261 e. The van der Waals surface area contributed by atoms with Crippen LogP contribution in [0.1, 0.15) is 43.9 Å². The van der Waals surface area contributed by atoms with Crippen LogP contribution < -0.4 is 10.1 Å². The van der Waals surface area contributed by atoms with Gasteiger partial charge in [-0.15, -0.1) is 0 Å². The lowest BCUT2D eigenvalue weighted by Crippen LogP contribution is -2.50. The molecule has 0 aliphatic heterocycles. The summed E-state index contributed by atoms with van der Waals surface area (Å²) in [4.78, 5) is 27.7. The third-order valence-electron chi connectivity index (χ3n) is 4.96. The van der Waals surface area contributed by atoms with Gasteiger partial charge in [0.2, 0.25) is 5.91 Å². The van der Waals surface area contributed by atoms with Crippen LogP contribution in [-0.2, 0) is 16.1 Å². The second-order valence-corrected chi connectivity index (χ2v) is 9.26. The number of benzene rings is 2. The number of rotatable bonds is 10. The molecule has 1 atom stereocenters. The molecule has 174 valence electrons. The Labute approximate surface area is 201 Å². The van der Waals surface area contributed by atoms with E-state index in [2.05, 4.69) is 5.32 Å². The van der Waals surface area contributed by atoms with Gasteiger partial charge in [0, 0.05) is 13.1 Å². The molecule has 0 aliphatic carbocycles. The molecule has 0 radical (unpaired) electrons. The van der Waals surface area contributed by atoms with Crippen LogP contribution in [0.4, 0.5) is 0 Å². The maximum atomic E-state index is 13.2. The largest absolute Gasteiger partial charge is 0.484 e. The summed E-state index contributed by atoms with van der Waals surface area (Å²) >= 11 is 12.2. The Morgan fingerprint density at radius 2 is 1.69 bits per heavy atom. The van der Waals surface area contributed by atoms with E-state index >= 15 is 0 Å². The first-order chi connectivity index (χ1) is 15.1. The minimum absolute atomic E-state index is 0.168. The highest BCUT2D eigenvalue weighted by Gasteiger charge is 2.29. The Kier molecular flexibility index (Phi) is 9.85. The van der Waals surface area contributed by atoms with Gasteiger partial charge in [-0.2, -0.15) is 0 Å². The molecule has 2 aromatic carbocycles. The first kappa shape index (κ1) is 26.0. The highest BCUT2D eigenvalue weighted by atomic mass is 35.5. The second kappa shape index (κ2) is 12.1. The van der Waals surface area contributed by atoms with E-state index in [-0.39, 0.29) is 25.0 Å². The molecule has 7 heteroatoms. The monoisotopic (exact) mass is 478 g/mol. The van der Waals surface area contributed by atoms with Crippen LogP contribution in [0.25, 0.3) is 0 Å². The van der Waals surface area contributed by atoms with Crippen molar-refractivity contribution in [3.63, 3.8) is 0 Å². The van der Waals surface area contributed by atoms with Crippen molar-refractivity contribution >= 4 is 35.0 Å². The van der Waals surface area contributed by atoms with Crippen molar-refractivity contribution in [2.45, 2.75) is 53.6 Å². The van der Waals surface area contributed by atoms with E-state index < -0.39 is 6.04 Å². The van der Waals surface area contributed by atoms with E-state index in [0.717, 1.165) is 16.7 Å². The van der Waals surface area contributed by atoms with Gasteiger partial charge in [0.15, 0.2) is 6.61 Å². The minimum Gasteiger partial charge on any atom is -0.484 e. The van der Waals surface area contributed by atoms with Crippen LogP contribution in [0.5, 0.6) is 5.75 Å². The van der Waals surface area contributed by atoms with Crippen molar-refractivity contribution in [3.8, 4) is 5.75 Å². The molecular formula is C25H32Cl2N2O3. The fourth-order valence-corrected chi connectivity index (χ4v) is 3.74. The van der Waals surface area contributed by atoms with E-state index in [0.29, 0.717) is 34.7 Å². The lowest BCUT2D eigenvalue weighted by Gasteiger charge is -2.31. The third kappa shape index (κ3) is 7.72. The van der Waals surface area contributed by atoms with Crippen molar-refractivity contribution < 1.29 is 14.3 Å². The molecule has 5 nitrogen and oxygen atoms in total. The van der Waals surface area contributed by atoms with Crippen molar-refractivity contribution in [1.29, 1.82) is 0 Å². The third-order valence-corrected chi connectivity index (χ3v) is 5.70. The lowest BCUT2D eigenvalue weighted by atomic mass is 10.1. The standard InChI is InChI=1S/C25H32Cl2N2O3/c1-6-23(25(31)28-13-16(2)3)29(14-19-7-8-21(26)22(27)12-19)24(30)15-32-20-10-17(4)9-18(5)11-20/h7-12,16,23H,6,13-15H2,1-5H3,(H,28,31). The van der Waals surface area contributed by atoms with Gasteiger partial charge in [-0.05, 0) is 67.1 Å². The smallest absolute Gasteiger partial charge is 0.261 e. The summed E-state index contributed by atoms with van der Waals surface area (Å²) in [7, 11) is 0. The summed E-state index contributed by atoms with van der Waals surface area (Å²) in [5, 5.41) is 3.78. The van der Waals surface area contributed by atoms with Crippen LogP contribution in [0, 0.1) is 19.8 Å². The van der Waals surface area contributed by atoms with Gasteiger partial charge in [-0.25, -0.2) is 0 Å². The lowest BCUT2D eigenvalue weighted by molar-refractivity contribution is -0.143. The number of nitrogens with zero attached hydrogens (tertiary/aromatic N) is 1. The molecule has 0 aromatic heterocycles. The second-order valence-electron chi connectivity index (χ2n) is 8.45. The molecule has 2 amide bonds. The summed E-state index contributed by atoms with van der Waals surface area (Å²) in [5.74, 6) is 0.481. The van der Waals surface area contributed by atoms with E-state index in [9.17, 15) is 9.59 Å². The maximum absolute atomic E-state index is 13.2. The molecule has 2 rings (SSSR count). The van der Waals surface area contributed by atoms with Crippen molar-refractivity contribution in [1.82, 2.24) is 10.2 Å². The predicted octanol–water partition coefficient (Wildman–Crippen LogP) is 5.57. The molecule has 1 N–H and O–H groups in total. The zero-order valence-electron chi connectivity index (χ0n) is 19.4. The highest BCUT2D eigenvalue weighted by Crippen LogP contribution is 2.24. The summed E-state index contributed by atoms with van der Waals surface area (Å²) < 4.78 is 5.79. The number of hydrogen-bond donors (Lipinski definition) is 1. The summed E-state index contributed by atoms with van der Waals surface area (Å²) in [6.45, 7) is 10.5. The molecular weight excluding hydrogens is 447 g/mol. The average molecular weight is 479 g/mol. The number of amides is 2. The van der Waals surface area contributed by atoms with E-state index in [1.165, 1.54) is 0 Å². The number of halogens is 2. The topological polar surface area (TPSA) is 58.6 Å². The zero-order valence-corrected chi connectivity index (χ0v) is 20.9. The fraction of sp³-hybridized carbons (Fsp3) is 0.440. The number of carbonyl (C=O) groups excluding carboxylic acids is 2. The van der Waals surface area contributed by atoms with E-state index in [1.807, 2.05) is 52.8 Å². The van der Waals surface area contributed by atoms with Gasteiger partial charge in [0.1, 0.15) is 11.8 Å². The number of aryl methyl sites for hydroxylation is 2. The van der Waals surface area contributed by atoms with Crippen LogP contribution in [0.15, 0.2) is 36.4 Å². The minimum atomic E-state index is -0.626. The molecule has 0 spiro atoms. The summed E-state index contributed by atoms with van der Waals surface area (Å²) in [6.07, 6.45) is 0.473. The SMILES string of the molecule is CCC(C(=O)NCC(C)C)N(Cc1ccc(Cl)c(Cl)c1)C(=O)COc1cc(C)cc(C)c1. The number of ether oxygens (including phenoxy) is 1. The first-order valence-electron chi connectivity index (χ1n) is 10.8. The zero-order chi connectivity index (χ0) is 23.8. The van der Waals surface area contributed by atoms with Crippen LogP contribution in [0.2, 0.25) is 10.0 Å². The molecule has 0 saturated carbocycles.